The van der Waals surface area contributed by atoms with E-state index in [2.05, 4.69) is 5.48 Å². The Morgan fingerprint density at radius 2 is 1.74 bits per heavy atom. The van der Waals surface area contributed by atoms with Crippen LogP contribution in [0.25, 0.3) is 0 Å². The minimum atomic E-state index is -4.10. The molecule has 1 aromatic rings. The quantitative estimate of drug-likeness (QED) is 0.488. The molecule has 3 heterocycles. The average molecular weight is 554 g/mol. The van der Waals surface area contributed by atoms with Crippen molar-refractivity contribution in [1.29, 1.82) is 0 Å². The van der Waals surface area contributed by atoms with Gasteiger partial charge in [0, 0.05) is 39.2 Å². The van der Waals surface area contributed by atoms with Gasteiger partial charge in [-0.15, -0.1) is 0 Å². The molecule has 0 spiro atoms. The van der Waals surface area contributed by atoms with Gasteiger partial charge in [0.25, 0.3) is 5.91 Å². The van der Waals surface area contributed by atoms with Crippen molar-refractivity contribution >= 4 is 22.0 Å². The molecule has 3 aliphatic rings. The first-order valence-corrected chi connectivity index (χ1v) is 14.9. The molecular formula is C26H39N3O8S. The number of carbonyl (C=O) groups excluding carboxylic acids is 2. The van der Waals surface area contributed by atoms with Crippen LogP contribution in [0, 0.1) is 6.92 Å². The number of hydrogen-bond donors (Lipinski definition) is 1. The van der Waals surface area contributed by atoms with Crippen LogP contribution in [0.5, 0.6) is 5.75 Å². The third-order valence-electron chi connectivity index (χ3n) is 7.49. The van der Waals surface area contributed by atoms with Crippen molar-refractivity contribution in [1.82, 2.24) is 14.7 Å². The topological polar surface area (TPSA) is 124 Å². The summed E-state index contributed by atoms with van der Waals surface area (Å²) in [4.78, 5) is 32.7. The van der Waals surface area contributed by atoms with E-state index in [1.54, 1.807) is 6.92 Å². The molecule has 3 aliphatic heterocycles. The third kappa shape index (κ3) is 6.41. The summed E-state index contributed by atoms with van der Waals surface area (Å²) in [5.74, 6) is 0.0226. The van der Waals surface area contributed by atoms with E-state index in [1.165, 1.54) is 9.21 Å². The molecular weight excluding hydrogens is 514 g/mol. The molecule has 1 unspecified atom stereocenters. The fourth-order valence-electron chi connectivity index (χ4n) is 5.13. The number of likely N-dealkylation sites (tertiary alicyclic amines) is 1. The Bertz CT molecular complexity index is 1040. The van der Waals surface area contributed by atoms with Crippen LogP contribution in [-0.4, -0.2) is 86.2 Å². The van der Waals surface area contributed by atoms with E-state index in [4.69, 9.17) is 19.0 Å². The fourth-order valence-corrected chi connectivity index (χ4v) is 7.29. The van der Waals surface area contributed by atoms with E-state index >= 15 is 0 Å². The molecule has 0 aromatic heterocycles. The summed E-state index contributed by atoms with van der Waals surface area (Å²) in [6.07, 6.45) is 2.08. The normalized spacial score (nSPS) is 23.0. The lowest BCUT2D eigenvalue weighted by Crippen LogP contribution is -2.63. The van der Waals surface area contributed by atoms with Crippen molar-refractivity contribution in [3.63, 3.8) is 0 Å². The smallest absolute Gasteiger partial charge is 0.409 e. The molecule has 12 heteroatoms. The highest BCUT2D eigenvalue weighted by atomic mass is 32.2. The summed E-state index contributed by atoms with van der Waals surface area (Å²) in [7, 11) is -4.10. The highest BCUT2D eigenvalue weighted by Crippen LogP contribution is 2.36. The molecule has 212 valence electrons. The predicted molar refractivity (Wildman–Crippen MR) is 139 cm³/mol. The molecule has 3 saturated heterocycles. The number of rotatable bonds is 8. The number of hydroxylamine groups is 1. The van der Waals surface area contributed by atoms with Crippen LogP contribution < -0.4 is 10.2 Å². The van der Waals surface area contributed by atoms with E-state index < -0.39 is 33.1 Å². The summed E-state index contributed by atoms with van der Waals surface area (Å²) in [6.45, 7) is 5.09. The van der Waals surface area contributed by atoms with Crippen LogP contribution in [-0.2, 0) is 29.1 Å². The number of sulfonamides is 1. The standard InChI is InChI=1S/C26H39N3O8S/c1-3-34-25(31)28-17-13-26(14-18-28,24(30)27-37-23-6-4-5-19-35-23)38(32,33)29-15-11-22(12-16-29)36-21-9-7-20(2)8-10-21/h7-10,22-23H,3-6,11-19H2,1-2H3,(H,27,30). The first-order valence-electron chi connectivity index (χ1n) is 13.5. The minimum Gasteiger partial charge on any atom is -0.490 e. The van der Waals surface area contributed by atoms with Crippen molar-refractivity contribution in [3.8, 4) is 5.75 Å². The van der Waals surface area contributed by atoms with Gasteiger partial charge in [-0.25, -0.2) is 27.8 Å². The van der Waals surface area contributed by atoms with Crippen molar-refractivity contribution in [2.45, 2.75) is 75.9 Å². The zero-order chi connectivity index (χ0) is 27.2. The van der Waals surface area contributed by atoms with Crippen molar-refractivity contribution in [3.05, 3.63) is 29.8 Å². The number of piperidine rings is 2. The van der Waals surface area contributed by atoms with Gasteiger partial charge in [-0.05, 0) is 64.5 Å². The molecule has 1 N–H and O–H groups in total. The Labute approximate surface area is 224 Å². The van der Waals surface area contributed by atoms with E-state index in [-0.39, 0.29) is 51.7 Å². The Kier molecular flexibility index (Phi) is 9.50. The minimum absolute atomic E-state index is 0.0609. The number of nitrogens with zero attached hydrogens (tertiary/aromatic N) is 2. The van der Waals surface area contributed by atoms with Crippen molar-refractivity contribution < 1.29 is 37.1 Å². The Hall–Kier alpha value is -2.41. The second kappa shape index (κ2) is 12.6. The molecule has 0 radical (unpaired) electrons. The molecule has 0 saturated carbocycles. The largest absolute Gasteiger partial charge is 0.490 e. The van der Waals surface area contributed by atoms with Gasteiger partial charge in [-0.2, -0.15) is 0 Å². The molecule has 11 nitrogen and oxygen atoms in total. The lowest BCUT2D eigenvalue weighted by atomic mass is 9.95. The zero-order valence-electron chi connectivity index (χ0n) is 22.2. The fraction of sp³-hybridized carbons (Fsp3) is 0.692. The van der Waals surface area contributed by atoms with Crippen molar-refractivity contribution in [2.24, 2.45) is 0 Å². The van der Waals surface area contributed by atoms with E-state index in [0.717, 1.165) is 24.2 Å². The van der Waals surface area contributed by atoms with E-state index in [0.29, 0.717) is 25.9 Å². The summed E-state index contributed by atoms with van der Waals surface area (Å²) in [5, 5.41) is 0. The maximum atomic E-state index is 14.1. The van der Waals surface area contributed by atoms with E-state index in [9.17, 15) is 18.0 Å². The summed E-state index contributed by atoms with van der Waals surface area (Å²) in [6, 6.07) is 7.76. The highest BCUT2D eigenvalue weighted by molar-refractivity contribution is 7.91. The second-order valence-electron chi connectivity index (χ2n) is 10.1. The molecule has 0 aliphatic carbocycles. The van der Waals surface area contributed by atoms with Gasteiger partial charge in [0.1, 0.15) is 11.9 Å². The van der Waals surface area contributed by atoms with E-state index in [1.807, 2.05) is 31.2 Å². The molecule has 3 fully saturated rings. The van der Waals surface area contributed by atoms with Crippen LogP contribution >= 0.6 is 0 Å². The highest BCUT2D eigenvalue weighted by Gasteiger charge is 2.56. The van der Waals surface area contributed by atoms with Gasteiger partial charge < -0.3 is 19.1 Å². The number of amides is 2. The summed E-state index contributed by atoms with van der Waals surface area (Å²) in [5.41, 5.74) is 3.53. The lowest BCUT2D eigenvalue weighted by Gasteiger charge is -2.43. The molecule has 0 bridgehead atoms. The van der Waals surface area contributed by atoms with Crippen LogP contribution in [0.2, 0.25) is 0 Å². The number of carbonyl (C=O) groups is 2. The lowest BCUT2D eigenvalue weighted by molar-refractivity contribution is -0.202. The SMILES string of the molecule is CCOC(=O)N1CCC(C(=O)NOC2CCCCO2)(S(=O)(=O)N2CCC(Oc3ccc(C)cc3)CC2)CC1. The predicted octanol–water partition coefficient (Wildman–Crippen LogP) is 2.73. The van der Waals surface area contributed by atoms with Gasteiger partial charge >= 0.3 is 6.09 Å². The van der Waals surface area contributed by atoms with Gasteiger partial charge in [0.2, 0.25) is 10.0 Å². The molecule has 38 heavy (non-hydrogen) atoms. The van der Waals surface area contributed by atoms with Crippen LogP contribution in [0.15, 0.2) is 24.3 Å². The number of aryl methyl sites for hydroxylation is 1. The Morgan fingerprint density at radius 1 is 1.05 bits per heavy atom. The van der Waals surface area contributed by atoms with Crippen LogP contribution in [0.4, 0.5) is 4.79 Å². The van der Waals surface area contributed by atoms with Gasteiger partial charge in [0.05, 0.1) is 6.61 Å². The Morgan fingerprint density at radius 3 is 2.34 bits per heavy atom. The molecule has 2 amide bonds. The number of nitrogens with one attached hydrogen (secondary N) is 1. The second-order valence-corrected chi connectivity index (χ2v) is 12.3. The number of ether oxygens (including phenoxy) is 3. The summed E-state index contributed by atoms with van der Waals surface area (Å²) < 4.78 is 44.4. The maximum absolute atomic E-state index is 14.1. The average Bonchev–Trinajstić information content (AvgIpc) is 2.94. The molecule has 1 atom stereocenters. The third-order valence-corrected chi connectivity index (χ3v) is 10.1. The first-order chi connectivity index (χ1) is 18.2. The Balaban J connectivity index is 1.45. The summed E-state index contributed by atoms with van der Waals surface area (Å²) >= 11 is 0. The monoisotopic (exact) mass is 553 g/mol. The van der Waals surface area contributed by atoms with Crippen molar-refractivity contribution in [2.75, 3.05) is 39.4 Å². The number of hydrogen-bond acceptors (Lipinski definition) is 8. The first kappa shape index (κ1) is 28.6. The van der Waals surface area contributed by atoms with Crippen LogP contribution in [0.3, 0.4) is 0 Å². The zero-order valence-corrected chi connectivity index (χ0v) is 23.0. The maximum Gasteiger partial charge on any atom is 0.409 e. The number of benzene rings is 1. The molecule has 4 rings (SSSR count). The van der Waals surface area contributed by atoms with Crippen LogP contribution in [0.1, 0.15) is 57.4 Å². The van der Waals surface area contributed by atoms with Gasteiger partial charge in [-0.1, -0.05) is 17.7 Å². The van der Waals surface area contributed by atoms with Gasteiger partial charge in [0.15, 0.2) is 11.0 Å². The molecule has 1 aromatic carbocycles. The van der Waals surface area contributed by atoms with Gasteiger partial charge in [-0.3, -0.25) is 4.79 Å².